The number of hydrogen-bond acceptors (Lipinski definition) is 4. The van der Waals surface area contributed by atoms with E-state index in [0.717, 1.165) is 29.7 Å². The zero-order valence-electron chi connectivity index (χ0n) is 17.1. The van der Waals surface area contributed by atoms with Gasteiger partial charge in [-0.05, 0) is 36.4 Å². The maximum absolute atomic E-state index is 13.1. The van der Waals surface area contributed by atoms with Crippen molar-refractivity contribution < 1.29 is 14.3 Å². The normalized spacial score (nSPS) is 17.7. The van der Waals surface area contributed by atoms with E-state index in [4.69, 9.17) is 9.47 Å². The zero-order valence-corrected chi connectivity index (χ0v) is 17.1. The van der Waals surface area contributed by atoms with Crippen LogP contribution >= 0.6 is 0 Å². The van der Waals surface area contributed by atoms with Gasteiger partial charge in [0.1, 0.15) is 12.3 Å². The standard InChI is InChI=1S/C25H24N2O3/c1-26-24-20-9-5-6-10-21(20)25(28)27(24)18-11-12-22(29-2)23(15-18)30-19-13-16-7-3-4-8-17(16)14-19/h3-12,15,19,24,26H,13-14H2,1-2H3. The van der Waals surface area contributed by atoms with E-state index in [9.17, 15) is 4.79 Å². The Morgan fingerprint density at radius 3 is 2.33 bits per heavy atom. The maximum atomic E-state index is 13.1. The van der Waals surface area contributed by atoms with Gasteiger partial charge in [-0.15, -0.1) is 0 Å². The molecule has 1 amide bonds. The average molecular weight is 400 g/mol. The van der Waals surface area contributed by atoms with Crippen molar-refractivity contribution in [3.63, 3.8) is 0 Å². The van der Waals surface area contributed by atoms with Gasteiger partial charge in [0, 0.05) is 35.7 Å². The first-order valence-electron chi connectivity index (χ1n) is 10.2. The summed E-state index contributed by atoms with van der Waals surface area (Å²) in [4.78, 5) is 14.9. The van der Waals surface area contributed by atoms with Gasteiger partial charge in [-0.2, -0.15) is 0 Å². The van der Waals surface area contributed by atoms with Crippen LogP contribution in [0.1, 0.15) is 33.2 Å². The molecule has 5 rings (SSSR count). The van der Waals surface area contributed by atoms with Crippen molar-refractivity contribution >= 4 is 11.6 Å². The lowest BCUT2D eigenvalue weighted by Gasteiger charge is -2.26. The number of ether oxygens (including phenoxy) is 2. The van der Waals surface area contributed by atoms with Crippen molar-refractivity contribution in [2.24, 2.45) is 0 Å². The van der Waals surface area contributed by atoms with Gasteiger partial charge in [-0.3, -0.25) is 15.0 Å². The molecule has 0 saturated heterocycles. The molecule has 152 valence electrons. The van der Waals surface area contributed by atoms with Gasteiger partial charge < -0.3 is 9.47 Å². The van der Waals surface area contributed by atoms with Crippen LogP contribution in [0.2, 0.25) is 0 Å². The Morgan fingerprint density at radius 1 is 0.933 bits per heavy atom. The molecule has 0 fully saturated rings. The molecule has 5 nitrogen and oxygen atoms in total. The molecule has 0 radical (unpaired) electrons. The second kappa shape index (κ2) is 7.50. The van der Waals surface area contributed by atoms with Crippen LogP contribution in [0.4, 0.5) is 5.69 Å². The summed E-state index contributed by atoms with van der Waals surface area (Å²) in [7, 11) is 3.50. The monoisotopic (exact) mass is 400 g/mol. The molecule has 1 N–H and O–H groups in total. The number of hydrogen-bond donors (Lipinski definition) is 1. The summed E-state index contributed by atoms with van der Waals surface area (Å²) in [6, 6.07) is 21.9. The molecule has 0 spiro atoms. The predicted molar refractivity (Wildman–Crippen MR) is 116 cm³/mol. The lowest BCUT2D eigenvalue weighted by atomic mass is 10.1. The van der Waals surface area contributed by atoms with Crippen LogP contribution in [-0.4, -0.2) is 26.2 Å². The third-order valence-corrected chi connectivity index (χ3v) is 5.97. The van der Waals surface area contributed by atoms with Crippen LogP contribution in [0.15, 0.2) is 66.7 Å². The molecule has 30 heavy (non-hydrogen) atoms. The highest BCUT2D eigenvalue weighted by Gasteiger charge is 2.37. The van der Waals surface area contributed by atoms with Gasteiger partial charge in [0.15, 0.2) is 11.5 Å². The summed E-state index contributed by atoms with van der Waals surface area (Å²) in [6.07, 6.45) is 1.58. The first kappa shape index (κ1) is 18.7. The number of benzene rings is 3. The van der Waals surface area contributed by atoms with E-state index in [-0.39, 0.29) is 18.2 Å². The molecular formula is C25H24N2O3. The van der Waals surface area contributed by atoms with Crippen molar-refractivity contribution in [2.75, 3.05) is 19.1 Å². The molecule has 0 bridgehead atoms. The maximum Gasteiger partial charge on any atom is 0.260 e. The minimum absolute atomic E-state index is 0.0191. The first-order chi connectivity index (χ1) is 14.7. The number of nitrogens with zero attached hydrogens (tertiary/aromatic N) is 1. The fraction of sp³-hybridized carbons (Fsp3) is 0.240. The third kappa shape index (κ3) is 3.02. The third-order valence-electron chi connectivity index (χ3n) is 5.97. The van der Waals surface area contributed by atoms with Crippen molar-refractivity contribution in [3.8, 4) is 11.5 Å². The average Bonchev–Trinajstić information content (AvgIpc) is 3.31. The second-order valence-corrected chi connectivity index (χ2v) is 7.71. The Labute approximate surface area is 176 Å². The lowest BCUT2D eigenvalue weighted by molar-refractivity contribution is 0.0989. The second-order valence-electron chi connectivity index (χ2n) is 7.71. The highest BCUT2D eigenvalue weighted by atomic mass is 16.5. The highest BCUT2D eigenvalue weighted by molar-refractivity contribution is 6.11. The molecule has 2 aliphatic rings. The molecule has 1 aliphatic carbocycles. The molecule has 3 aromatic carbocycles. The minimum atomic E-state index is -0.217. The van der Waals surface area contributed by atoms with Crippen molar-refractivity contribution in [1.82, 2.24) is 5.32 Å². The number of carbonyl (C=O) groups is 1. The SMILES string of the molecule is CNC1c2ccccc2C(=O)N1c1ccc(OC)c(OC2Cc3ccccc3C2)c1. The largest absolute Gasteiger partial charge is 0.493 e. The van der Waals surface area contributed by atoms with Crippen molar-refractivity contribution in [2.45, 2.75) is 25.1 Å². The Morgan fingerprint density at radius 2 is 1.63 bits per heavy atom. The summed E-state index contributed by atoms with van der Waals surface area (Å²) in [5, 5.41) is 3.27. The first-order valence-corrected chi connectivity index (χ1v) is 10.2. The number of anilines is 1. The van der Waals surface area contributed by atoms with E-state index in [0.29, 0.717) is 11.5 Å². The van der Waals surface area contributed by atoms with Gasteiger partial charge >= 0.3 is 0 Å². The minimum Gasteiger partial charge on any atom is -0.493 e. The lowest BCUT2D eigenvalue weighted by Crippen LogP contribution is -2.35. The van der Waals surface area contributed by atoms with Crippen LogP contribution in [-0.2, 0) is 12.8 Å². The van der Waals surface area contributed by atoms with Crippen LogP contribution in [0.25, 0.3) is 0 Å². The van der Waals surface area contributed by atoms with E-state index in [1.165, 1.54) is 11.1 Å². The van der Waals surface area contributed by atoms with E-state index in [1.54, 1.807) is 12.0 Å². The highest BCUT2D eigenvalue weighted by Crippen LogP contribution is 2.40. The molecule has 1 unspecified atom stereocenters. The van der Waals surface area contributed by atoms with Crippen LogP contribution in [0.5, 0.6) is 11.5 Å². The summed E-state index contributed by atoms with van der Waals surface area (Å²) >= 11 is 0. The molecule has 0 aromatic heterocycles. The molecular weight excluding hydrogens is 376 g/mol. The number of methoxy groups -OCH3 is 1. The molecule has 5 heteroatoms. The fourth-order valence-electron chi connectivity index (χ4n) is 4.56. The quantitative estimate of drug-likeness (QED) is 0.700. The van der Waals surface area contributed by atoms with E-state index < -0.39 is 0 Å². The number of fused-ring (bicyclic) bond motifs is 2. The summed E-state index contributed by atoms with van der Waals surface area (Å²) in [5.41, 5.74) is 5.15. The van der Waals surface area contributed by atoms with Gasteiger partial charge in [-0.25, -0.2) is 0 Å². The molecule has 1 aliphatic heterocycles. The smallest absolute Gasteiger partial charge is 0.260 e. The summed E-state index contributed by atoms with van der Waals surface area (Å²) < 4.78 is 11.9. The number of nitrogens with one attached hydrogen (secondary N) is 1. The fourth-order valence-corrected chi connectivity index (χ4v) is 4.56. The Hall–Kier alpha value is -3.31. The molecule has 1 heterocycles. The topological polar surface area (TPSA) is 50.8 Å². The molecule has 0 saturated carbocycles. The van der Waals surface area contributed by atoms with Gasteiger partial charge in [0.2, 0.25) is 0 Å². The van der Waals surface area contributed by atoms with E-state index >= 15 is 0 Å². The zero-order chi connectivity index (χ0) is 20.7. The Kier molecular flexibility index (Phi) is 4.68. The Bertz CT molecular complexity index is 1090. The molecule has 1 atom stereocenters. The van der Waals surface area contributed by atoms with Crippen molar-refractivity contribution in [1.29, 1.82) is 0 Å². The number of rotatable bonds is 5. The molecule has 3 aromatic rings. The van der Waals surface area contributed by atoms with Crippen molar-refractivity contribution in [3.05, 3.63) is 89.0 Å². The number of amides is 1. The van der Waals surface area contributed by atoms with E-state index in [2.05, 4.69) is 29.6 Å². The Balaban J connectivity index is 1.46. The van der Waals surface area contributed by atoms with Gasteiger partial charge in [-0.1, -0.05) is 42.5 Å². The number of carbonyl (C=O) groups excluding carboxylic acids is 1. The predicted octanol–water partition coefficient (Wildman–Crippen LogP) is 4.12. The van der Waals surface area contributed by atoms with Gasteiger partial charge in [0.05, 0.1) is 7.11 Å². The van der Waals surface area contributed by atoms with E-state index in [1.807, 2.05) is 49.5 Å². The van der Waals surface area contributed by atoms with Crippen LogP contribution in [0, 0.1) is 0 Å². The summed E-state index contributed by atoms with van der Waals surface area (Å²) in [6.45, 7) is 0. The van der Waals surface area contributed by atoms with Crippen LogP contribution < -0.4 is 19.7 Å². The summed E-state index contributed by atoms with van der Waals surface area (Å²) in [5.74, 6) is 1.31. The van der Waals surface area contributed by atoms with Gasteiger partial charge in [0.25, 0.3) is 5.91 Å². The van der Waals surface area contributed by atoms with Crippen LogP contribution in [0.3, 0.4) is 0 Å².